The highest BCUT2D eigenvalue weighted by Crippen LogP contribution is 2.41. The highest BCUT2D eigenvalue weighted by molar-refractivity contribution is 5.94. The molecule has 0 spiro atoms. The van der Waals surface area contributed by atoms with E-state index in [-0.39, 0.29) is 5.56 Å². The van der Waals surface area contributed by atoms with Crippen LogP contribution in [0.2, 0.25) is 0 Å². The lowest BCUT2D eigenvalue weighted by Crippen LogP contribution is -2.19. The van der Waals surface area contributed by atoms with E-state index in [4.69, 9.17) is 14.2 Å². The second-order valence-electron chi connectivity index (χ2n) is 6.06. The van der Waals surface area contributed by atoms with E-state index in [1.807, 2.05) is 0 Å². The molecule has 7 nitrogen and oxygen atoms in total. The molecule has 0 fully saturated rings. The van der Waals surface area contributed by atoms with E-state index in [0.717, 1.165) is 0 Å². The van der Waals surface area contributed by atoms with Gasteiger partial charge in [0.05, 0.1) is 18.2 Å². The van der Waals surface area contributed by atoms with Gasteiger partial charge in [0.15, 0.2) is 11.5 Å². The van der Waals surface area contributed by atoms with Crippen molar-refractivity contribution < 1.29 is 23.4 Å². The molecular formula is C20H18FN3O4. The van der Waals surface area contributed by atoms with Crippen molar-refractivity contribution in [3.63, 3.8) is 0 Å². The Hall–Kier alpha value is -3.55. The van der Waals surface area contributed by atoms with Crippen LogP contribution in [0.4, 0.5) is 4.39 Å². The van der Waals surface area contributed by atoms with E-state index in [9.17, 15) is 9.18 Å². The second-order valence-corrected chi connectivity index (χ2v) is 6.06. The van der Waals surface area contributed by atoms with Crippen molar-refractivity contribution in [2.45, 2.75) is 0 Å². The molecule has 1 aromatic heterocycles. The zero-order valence-electron chi connectivity index (χ0n) is 15.4. The molecule has 0 radical (unpaired) electrons. The second kappa shape index (κ2) is 7.22. The number of ether oxygens (including phenoxy) is 3. The molecule has 4 rings (SSSR count). The minimum absolute atomic E-state index is 0.0474. The molecule has 0 unspecified atom stereocenters. The number of carbonyl (C=O) groups excluding carboxylic acids is 1. The fourth-order valence-electron chi connectivity index (χ4n) is 3.10. The Bertz CT molecular complexity index is 1050. The van der Waals surface area contributed by atoms with Gasteiger partial charge in [0.1, 0.15) is 30.6 Å². The molecule has 1 aliphatic heterocycles. The molecule has 0 aliphatic carbocycles. The summed E-state index contributed by atoms with van der Waals surface area (Å²) in [6.07, 6.45) is 3.35. The quantitative estimate of drug-likeness (QED) is 0.750. The predicted octanol–water partition coefficient (Wildman–Crippen LogP) is 2.82. The maximum atomic E-state index is 14.0. The number of imidazole rings is 1. The van der Waals surface area contributed by atoms with Gasteiger partial charge in [0.2, 0.25) is 0 Å². The van der Waals surface area contributed by atoms with Gasteiger partial charge in [-0.1, -0.05) is 0 Å². The number of nitrogens with zero attached hydrogens (tertiary/aromatic N) is 2. The summed E-state index contributed by atoms with van der Waals surface area (Å²) in [4.78, 5) is 16.4. The van der Waals surface area contributed by atoms with Gasteiger partial charge in [-0.05, 0) is 24.3 Å². The zero-order chi connectivity index (χ0) is 19.7. The van der Waals surface area contributed by atoms with Gasteiger partial charge in [-0.2, -0.15) is 0 Å². The third-order valence-electron chi connectivity index (χ3n) is 4.45. The van der Waals surface area contributed by atoms with Crippen LogP contribution in [0.1, 0.15) is 10.4 Å². The molecule has 0 atom stereocenters. The number of amides is 1. The summed E-state index contributed by atoms with van der Waals surface area (Å²) in [6, 6.07) is 7.87. The molecule has 1 amide bonds. The van der Waals surface area contributed by atoms with Gasteiger partial charge in [-0.25, -0.2) is 9.37 Å². The molecule has 144 valence electrons. The van der Waals surface area contributed by atoms with Crippen LogP contribution in [0.3, 0.4) is 0 Å². The van der Waals surface area contributed by atoms with Crippen molar-refractivity contribution in [1.29, 1.82) is 0 Å². The first-order valence-corrected chi connectivity index (χ1v) is 8.65. The Morgan fingerprint density at radius 2 is 1.96 bits per heavy atom. The third-order valence-corrected chi connectivity index (χ3v) is 4.45. The van der Waals surface area contributed by atoms with Crippen molar-refractivity contribution in [3.05, 3.63) is 54.1 Å². The summed E-state index contributed by atoms with van der Waals surface area (Å²) in [5.41, 5.74) is 1.22. The molecule has 1 N–H and O–H groups in total. The van der Waals surface area contributed by atoms with E-state index in [2.05, 4.69) is 10.3 Å². The Labute approximate surface area is 160 Å². The van der Waals surface area contributed by atoms with Crippen LogP contribution in [-0.4, -0.2) is 42.8 Å². The number of nitrogens with one attached hydrogen (secondary N) is 1. The molecule has 28 heavy (non-hydrogen) atoms. The van der Waals surface area contributed by atoms with E-state index in [0.29, 0.717) is 47.5 Å². The fourth-order valence-corrected chi connectivity index (χ4v) is 3.10. The fraction of sp³-hybridized carbons (Fsp3) is 0.200. The van der Waals surface area contributed by atoms with Gasteiger partial charge < -0.3 is 19.5 Å². The summed E-state index contributed by atoms with van der Waals surface area (Å²) in [5.74, 6) is 1.23. The van der Waals surface area contributed by atoms with Gasteiger partial charge in [0.25, 0.3) is 5.91 Å². The van der Waals surface area contributed by atoms with Crippen molar-refractivity contribution >= 4 is 5.91 Å². The molecule has 2 heterocycles. The molecule has 1 aliphatic rings. The zero-order valence-corrected chi connectivity index (χ0v) is 15.4. The number of rotatable bonds is 4. The normalized spacial score (nSPS) is 12.5. The Balaban J connectivity index is 1.84. The number of carbonyl (C=O) groups is 1. The van der Waals surface area contributed by atoms with Crippen molar-refractivity contribution in [1.82, 2.24) is 14.9 Å². The molecule has 0 bridgehead atoms. The standard InChI is InChI=1S/C20H18FN3O4/c1-22-20(25)13-9-12(3-4-15(13)21)24-6-5-23-19(24)14-10-17-18(11-16(14)26-2)28-8-7-27-17/h3-6,9-11H,7-8H2,1-2H3,(H,22,25). The molecule has 3 aromatic rings. The summed E-state index contributed by atoms with van der Waals surface area (Å²) < 4.78 is 32.6. The third kappa shape index (κ3) is 3.02. The smallest absolute Gasteiger partial charge is 0.254 e. The number of halogens is 1. The van der Waals surface area contributed by atoms with E-state index in [1.54, 1.807) is 42.3 Å². The molecule has 0 saturated carbocycles. The van der Waals surface area contributed by atoms with Gasteiger partial charge in [-0.15, -0.1) is 0 Å². The maximum Gasteiger partial charge on any atom is 0.254 e. The summed E-state index contributed by atoms with van der Waals surface area (Å²) >= 11 is 0. The van der Waals surface area contributed by atoms with Gasteiger partial charge in [-0.3, -0.25) is 9.36 Å². The van der Waals surface area contributed by atoms with Crippen LogP contribution < -0.4 is 19.5 Å². The molecule has 8 heteroatoms. The molecular weight excluding hydrogens is 365 g/mol. The highest BCUT2D eigenvalue weighted by Gasteiger charge is 2.21. The Morgan fingerprint density at radius 3 is 2.68 bits per heavy atom. The molecule has 2 aromatic carbocycles. The first-order valence-electron chi connectivity index (χ1n) is 8.65. The van der Waals surface area contributed by atoms with Crippen molar-refractivity contribution in [3.8, 4) is 34.3 Å². The summed E-state index contributed by atoms with van der Waals surface area (Å²) in [6.45, 7) is 0.933. The summed E-state index contributed by atoms with van der Waals surface area (Å²) in [7, 11) is 3.01. The maximum absolute atomic E-state index is 14.0. The number of hydrogen-bond acceptors (Lipinski definition) is 5. The van der Waals surface area contributed by atoms with Crippen LogP contribution in [0, 0.1) is 5.82 Å². The van der Waals surface area contributed by atoms with Gasteiger partial charge >= 0.3 is 0 Å². The highest BCUT2D eigenvalue weighted by atomic mass is 19.1. The lowest BCUT2D eigenvalue weighted by Gasteiger charge is -2.21. The summed E-state index contributed by atoms with van der Waals surface area (Å²) in [5, 5.41) is 2.44. The number of hydrogen-bond donors (Lipinski definition) is 1. The predicted molar refractivity (Wildman–Crippen MR) is 99.9 cm³/mol. The topological polar surface area (TPSA) is 74.6 Å². The average molecular weight is 383 g/mol. The van der Waals surface area contributed by atoms with Crippen LogP contribution in [-0.2, 0) is 0 Å². The largest absolute Gasteiger partial charge is 0.496 e. The minimum atomic E-state index is -0.596. The first-order chi connectivity index (χ1) is 13.6. The Morgan fingerprint density at radius 1 is 1.21 bits per heavy atom. The van der Waals surface area contributed by atoms with Crippen molar-refractivity contribution in [2.75, 3.05) is 27.4 Å². The number of aromatic nitrogens is 2. The van der Waals surface area contributed by atoms with Crippen LogP contribution in [0.25, 0.3) is 17.1 Å². The monoisotopic (exact) mass is 383 g/mol. The SMILES string of the molecule is CNC(=O)c1cc(-n2ccnc2-c2cc3c(cc2OC)OCCO3)ccc1F. The lowest BCUT2D eigenvalue weighted by molar-refractivity contribution is 0.0959. The number of fused-ring (bicyclic) bond motifs is 1. The lowest BCUT2D eigenvalue weighted by atomic mass is 10.1. The van der Waals surface area contributed by atoms with Crippen molar-refractivity contribution in [2.24, 2.45) is 0 Å². The minimum Gasteiger partial charge on any atom is -0.496 e. The van der Waals surface area contributed by atoms with Crippen LogP contribution in [0.15, 0.2) is 42.7 Å². The Kier molecular flexibility index (Phi) is 4.60. The van der Waals surface area contributed by atoms with E-state index < -0.39 is 11.7 Å². The van der Waals surface area contributed by atoms with Crippen LogP contribution >= 0.6 is 0 Å². The first kappa shape index (κ1) is 17.8. The number of benzene rings is 2. The van der Waals surface area contributed by atoms with Crippen LogP contribution in [0.5, 0.6) is 17.2 Å². The van der Waals surface area contributed by atoms with E-state index in [1.165, 1.54) is 19.2 Å². The average Bonchev–Trinajstić information content (AvgIpc) is 3.22. The molecule has 0 saturated heterocycles. The van der Waals surface area contributed by atoms with Gasteiger partial charge in [0, 0.05) is 31.2 Å². The number of methoxy groups -OCH3 is 1. The van der Waals surface area contributed by atoms with E-state index >= 15 is 0 Å².